The second-order valence-electron chi connectivity index (χ2n) is 7.18. The molecule has 2 aromatic rings. The number of benzene rings is 1. The van der Waals surface area contributed by atoms with E-state index < -0.39 is 0 Å². The van der Waals surface area contributed by atoms with Crippen LogP contribution >= 0.6 is 0 Å². The van der Waals surface area contributed by atoms with Crippen LogP contribution in [0.2, 0.25) is 0 Å². The van der Waals surface area contributed by atoms with E-state index in [1.54, 1.807) is 30.1 Å². The molecule has 1 N–H and O–H groups in total. The summed E-state index contributed by atoms with van der Waals surface area (Å²) in [5.41, 5.74) is 2.41. The first-order chi connectivity index (χ1) is 13.6. The lowest BCUT2D eigenvalue weighted by Crippen LogP contribution is -2.29. The van der Waals surface area contributed by atoms with E-state index in [9.17, 15) is 9.59 Å². The lowest BCUT2D eigenvalue weighted by atomic mass is 10.2. The van der Waals surface area contributed by atoms with Crippen molar-refractivity contribution in [3.63, 3.8) is 0 Å². The summed E-state index contributed by atoms with van der Waals surface area (Å²) < 4.78 is 0. The molecule has 0 spiro atoms. The number of hydrogen-bond donors (Lipinski definition) is 1. The number of anilines is 2. The fourth-order valence-electron chi connectivity index (χ4n) is 3.30. The van der Waals surface area contributed by atoms with Gasteiger partial charge in [0.05, 0.1) is 0 Å². The molecule has 0 unspecified atom stereocenters. The summed E-state index contributed by atoms with van der Waals surface area (Å²) >= 11 is 0. The Bertz CT molecular complexity index is 814. The minimum atomic E-state index is -0.320. The maximum atomic E-state index is 12.6. The molecule has 3 rings (SSSR count). The first kappa shape index (κ1) is 19.9. The van der Waals surface area contributed by atoms with Crippen molar-refractivity contribution in [1.29, 1.82) is 0 Å². The number of rotatable bonds is 7. The highest BCUT2D eigenvalue weighted by Crippen LogP contribution is 2.22. The summed E-state index contributed by atoms with van der Waals surface area (Å²) in [5.74, 6) is -0.488. The van der Waals surface area contributed by atoms with Gasteiger partial charge in [0.1, 0.15) is 11.4 Å². The van der Waals surface area contributed by atoms with Gasteiger partial charge in [-0.1, -0.05) is 19.4 Å². The van der Waals surface area contributed by atoms with Crippen LogP contribution in [0.5, 0.6) is 0 Å². The van der Waals surface area contributed by atoms with Gasteiger partial charge < -0.3 is 15.1 Å². The van der Waals surface area contributed by atoms with E-state index in [1.165, 1.54) is 18.5 Å². The second kappa shape index (κ2) is 9.35. The van der Waals surface area contributed by atoms with Crippen molar-refractivity contribution in [1.82, 2.24) is 9.88 Å². The van der Waals surface area contributed by atoms with Gasteiger partial charge in [0.15, 0.2) is 0 Å². The van der Waals surface area contributed by atoms with E-state index in [0.29, 0.717) is 12.2 Å². The summed E-state index contributed by atoms with van der Waals surface area (Å²) in [4.78, 5) is 33.3. The minimum Gasteiger partial charge on any atom is -0.372 e. The van der Waals surface area contributed by atoms with E-state index in [-0.39, 0.29) is 23.2 Å². The largest absolute Gasteiger partial charge is 0.372 e. The van der Waals surface area contributed by atoms with Crippen LogP contribution in [-0.4, -0.2) is 48.4 Å². The lowest BCUT2D eigenvalue weighted by molar-refractivity contribution is 0.0787. The summed E-state index contributed by atoms with van der Waals surface area (Å²) in [6, 6.07) is 12.8. The van der Waals surface area contributed by atoms with E-state index >= 15 is 0 Å². The molecule has 2 heterocycles. The molecule has 0 bridgehead atoms. The van der Waals surface area contributed by atoms with Crippen molar-refractivity contribution in [3.05, 3.63) is 53.9 Å². The number of nitrogens with one attached hydrogen (secondary N) is 1. The third-order valence-corrected chi connectivity index (χ3v) is 4.99. The van der Waals surface area contributed by atoms with Crippen LogP contribution in [0, 0.1) is 0 Å². The van der Waals surface area contributed by atoms with Gasteiger partial charge in [-0.3, -0.25) is 9.59 Å². The van der Waals surface area contributed by atoms with Gasteiger partial charge in [0.2, 0.25) is 0 Å². The average molecular weight is 380 g/mol. The maximum absolute atomic E-state index is 12.6. The summed E-state index contributed by atoms with van der Waals surface area (Å²) in [5, 5.41) is 2.86. The number of pyridine rings is 1. The van der Waals surface area contributed by atoms with Crippen LogP contribution < -0.4 is 10.2 Å². The lowest BCUT2D eigenvalue weighted by Gasteiger charge is -2.18. The third-order valence-electron chi connectivity index (χ3n) is 4.99. The number of unbranched alkanes of at least 4 members (excludes halogenated alkanes) is 1. The van der Waals surface area contributed by atoms with Crippen molar-refractivity contribution in [2.75, 3.05) is 36.9 Å². The molecule has 1 aromatic heterocycles. The van der Waals surface area contributed by atoms with Crippen molar-refractivity contribution in [3.8, 4) is 0 Å². The molecule has 1 aliphatic rings. The Balaban J connectivity index is 1.65. The van der Waals surface area contributed by atoms with E-state index in [4.69, 9.17) is 0 Å². The molecule has 1 aliphatic heterocycles. The maximum Gasteiger partial charge on any atom is 0.274 e. The normalized spacial score (nSPS) is 13.4. The SMILES string of the molecule is CCCCN(C)C(=O)c1cccc(C(=O)Nc2ccc(N3CCCC3)cc2)n1. The number of hydrogen-bond acceptors (Lipinski definition) is 4. The van der Waals surface area contributed by atoms with E-state index in [2.05, 4.69) is 22.1 Å². The van der Waals surface area contributed by atoms with Crippen molar-refractivity contribution in [2.45, 2.75) is 32.6 Å². The molecule has 0 saturated carbocycles. The van der Waals surface area contributed by atoms with E-state index in [1.807, 2.05) is 24.3 Å². The van der Waals surface area contributed by atoms with Crippen LogP contribution in [0.3, 0.4) is 0 Å². The molecule has 148 valence electrons. The van der Waals surface area contributed by atoms with Gasteiger partial charge in [0, 0.05) is 38.1 Å². The van der Waals surface area contributed by atoms with Crippen LogP contribution in [-0.2, 0) is 0 Å². The fraction of sp³-hybridized carbons (Fsp3) is 0.409. The number of carbonyl (C=O) groups is 2. The Morgan fingerprint density at radius 2 is 1.75 bits per heavy atom. The van der Waals surface area contributed by atoms with Gasteiger partial charge in [-0.05, 0) is 55.7 Å². The zero-order valence-electron chi connectivity index (χ0n) is 16.6. The molecule has 1 saturated heterocycles. The Morgan fingerprint density at radius 1 is 1.07 bits per heavy atom. The van der Waals surface area contributed by atoms with Crippen LogP contribution in [0.1, 0.15) is 53.6 Å². The Morgan fingerprint density at radius 3 is 2.43 bits per heavy atom. The number of aromatic nitrogens is 1. The quantitative estimate of drug-likeness (QED) is 0.793. The third kappa shape index (κ3) is 4.88. The summed E-state index contributed by atoms with van der Waals surface area (Å²) in [6.45, 7) is 4.93. The number of amides is 2. The van der Waals surface area contributed by atoms with Crippen LogP contribution in [0.4, 0.5) is 11.4 Å². The van der Waals surface area contributed by atoms with Gasteiger partial charge in [0.25, 0.3) is 11.8 Å². The predicted octanol–water partition coefficient (Wildman–Crippen LogP) is 3.81. The molecule has 6 nitrogen and oxygen atoms in total. The van der Waals surface area contributed by atoms with Gasteiger partial charge in [-0.15, -0.1) is 0 Å². The van der Waals surface area contributed by atoms with Gasteiger partial charge in [-0.25, -0.2) is 4.98 Å². The molecular weight excluding hydrogens is 352 g/mol. The van der Waals surface area contributed by atoms with Gasteiger partial charge >= 0.3 is 0 Å². The molecule has 1 fully saturated rings. The highest BCUT2D eigenvalue weighted by Gasteiger charge is 2.16. The monoisotopic (exact) mass is 380 g/mol. The highest BCUT2D eigenvalue weighted by molar-refractivity contribution is 6.03. The van der Waals surface area contributed by atoms with Crippen molar-refractivity contribution < 1.29 is 9.59 Å². The second-order valence-corrected chi connectivity index (χ2v) is 7.18. The van der Waals surface area contributed by atoms with Crippen molar-refractivity contribution in [2.24, 2.45) is 0 Å². The Labute approximate surface area is 166 Å². The average Bonchev–Trinajstić information content (AvgIpc) is 3.27. The standard InChI is InChI=1S/C22H28N4O2/c1-3-4-14-25(2)22(28)20-9-7-8-19(24-20)21(27)23-17-10-12-18(13-11-17)26-15-5-6-16-26/h7-13H,3-6,14-16H2,1-2H3,(H,23,27). The molecule has 0 radical (unpaired) electrons. The summed E-state index contributed by atoms with van der Waals surface area (Å²) in [6.07, 6.45) is 4.42. The molecule has 28 heavy (non-hydrogen) atoms. The number of nitrogens with zero attached hydrogens (tertiary/aromatic N) is 3. The first-order valence-electron chi connectivity index (χ1n) is 9.97. The first-order valence-corrected chi connectivity index (χ1v) is 9.97. The smallest absolute Gasteiger partial charge is 0.274 e. The molecular formula is C22H28N4O2. The number of carbonyl (C=O) groups excluding carboxylic acids is 2. The molecule has 0 atom stereocenters. The van der Waals surface area contributed by atoms with Gasteiger partial charge in [-0.2, -0.15) is 0 Å². The molecule has 2 amide bonds. The zero-order valence-corrected chi connectivity index (χ0v) is 16.6. The minimum absolute atomic E-state index is 0.168. The van der Waals surface area contributed by atoms with E-state index in [0.717, 1.165) is 25.9 Å². The van der Waals surface area contributed by atoms with Crippen LogP contribution in [0.25, 0.3) is 0 Å². The topological polar surface area (TPSA) is 65.5 Å². The molecule has 1 aromatic carbocycles. The molecule has 0 aliphatic carbocycles. The van der Waals surface area contributed by atoms with Crippen molar-refractivity contribution >= 4 is 23.2 Å². The van der Waals surface area contributed by atoms with Crippen LogP contribution in [0.15, 0.2) is 42.5 Å². The summed E-state index contributed by atoms with van der Waals surface area (Å²) in [7, 11) is 1.76. The Hall–Kier alpha value is -2.89. The predicted molar refractivity (Wildman–Crippen MR) is 112 cm³/mol. The highest BCUT2D eigenvalue weighted by atomic mass is 16.2. The fourth-order valence-corrected chi connectivity index (χ4v) is 3.30. The molecule has 6 heteroatoms. The Kier molecular flexibility index (Phi) is 6.63. The zero-order chi connectivity index (χ0) is 19.9.